The first-order chi connectivity index (χ1) is 18.7. The van der Waals surface area contributed by atoms with Crippen LogP contribution < -0.4 is 28.3 Å². The van der Waals surface area contributed by atoms with Crippen LogP contribution in [0.3, 0.4) is 0 Å². The van der Waals surface area contributed by atoms with Crippen molar-refractivity contribution in [1.29, 1.82) is 0 Å². The Morgan fingerprint density at radius 1 is 0.900 bits per heavy atom. The van der Waals surface area contributed by atoms with Crippen molar-refractivity contribution in [3.8, 4) is 0 Å². The molecule has 0 aromatic rings. The van der Waals surface area contributed by atoms with Gasteiger partial charge in [-0.15, -0.1) is 0 Å². The Bertz CT molecular complexity index is 829. The number of hydrogen-bond donors (Lipinski definition) is 12. The second-order valence-electron chi connectivity index (χ2n) is 10.9. The minimum Gasteiger partial charge on any atom is -0.391 e. The fourth-order valence-electron chi connectivity index (χ4n) is 5.24. The van der Waals surface area contributed by atoms with Crippen LogP contribution in [0.1, 0.15) is 26.7 Å². The maximum atomic E-state index is 12.5. The standard InChI is InChI=1S/C23H45N5O12/c1-6(25)17-15(34)16(35)23(37-17)40-20-12(31)9(28-21(36)10(30)3-4-24)5-8(26)19(20)39-22-11(27)13(32)14(33)18(38-22)7(2)29/h6-20,22-23,29-35H,3-5,24-27H2,1-2H3,(H,28,36)/t6-,7+,8-,9+,10-,11+,12-,13+,14-,15-,16+,17+,18+,19+,20+,22+,23-/m0/s1. The molecule has 0 unspecified atom stereocenters. The lowest BCUT2D eigenvalue weighted by atomic mass is 9.83. The molecule has 2 heterocycles. The van der Waals surface area contributed by atoms with E-state index < -0.39 is 110 Å². The number of ether oxygens (including phenoxy) is 4. The fourth-order valence-corrected chi connectivity index (χ4v) is 5.24. The predicted octanol–water partition coefficient (Wildman–Crippen LogP) is -7.01. The van der Waals surface area contributed by atoms with Gasteiger partial charge in [0.1, 0.15) is 61.0 Å². The molecule has 234 valence electrons. The van der Waals surface area contributed by atoms with Crippen LogP contribution in [0.4, 0.5) is 0 Å². The van der Waals surface area contributed by atoms with Gasteiger partial charge in [0.2, 0.25) is 5.91 Å². The zero-order valence-corrected chi connectivity index (χ0v) is 22.4. The van der Waals surface area contributed by atoms with Gasteiger partial charge in [-0.2, -0.15) is 0 Å². The number of carbonyl (C=O) groups excluding carboxylic acids is 1. The highest BCUT2D eigenvalue weighted by Gasteiger charge is 2.53. The highest BCUT2D eigenvalue weighted by atomic mass is 16.7. The van der Waals surface area contributed by atoms with Gasteiger partial charge in [0, 0.05) is 12.1 Å². The summed E-state index contributed by atoms with van der Waals surface area (Å²) in [6.45, 7) is 2.93. The lowest BCUT2D eigenvalue weighted by Gasteiger charge is -2.48. The number of rotatable bonds is 10. The highest BCUT2D eigenvalue weighted by Crippen LogP contribution is 2.33. The molecule has 17 heteroatoms. The average molecular weight is 584 g/mol. The van der Waals surface area contributed by atoms with Gasteiger partial charge in [-0.3, -0.25) is 4.79 Å². The van der Waals surface area contributed by atoms with Crippen LogP contribution in [0.2, 0.25) is 0 Å². The molecule has 0 bridgehead atoms. The fraction of sp³-hybridized carbons (Fsp3) is 0.957. The van der Waals surface area contributed by atoms with Gasteiger partial charge in [0.05, 0.1) is 18.2 Å². The number of nitrogens with one attached hydrogen (secondary N) is 1. The smallest absolute Gasteiger partial charge is 0.249 e. The number of hydrogen-bond acceptors (Lipinski definition) is 16. The van der Waals surface area contributed by atoms with Crippen molar-refractivity contribution < 1.29 is 59.5 Å². The summed E-state index contributed by atoms with van der Waals surface area (Å²) < 4.78 is 23.1. The van der Waals surface area contributed by atoms with E-state index >= 15 is 0 Å². The first-order valence-corrected chi connectivity index (χ1v) is 13.3. The zero-order chi connectivity index (χ0) is 30.0. The zero-order valence-electron chi connectivity index (χ0n) is 22.4. The van der Waals surface area contributed by atoms with Crippen LogP contribution in [-0.2, 0) is 23.7 Å². The van der Waals surface area contributed by atoms with Crippen molar-refractivity contribution in [3.63, 3.8) is 0 Å². The molecule has 1 saturated carbocycles. The molecule has 2 aliphatic heterocycles. The molecular formula is C23H45N5O12. The van der Waals surface area contributed by atoms with Gasteiger partial charge < -0.3 is 82.9 Å². The Morgan fingerprint density at radius 2 is 1.48 bits per heavy atom. The van der Waals surface area contributed by atoms with E-state index in [1.54, 1.807) is 6.92 Å². The number of nitrogens with two attached hydrogens (primary N) is 4. The minimum absolute atomic E-state index is 0.0272. The summed E-state index contributed by atoms with van der Waals surface area (Å²) >= 11 is 0. The van der Waals surface area contributed by atoms with Crippen LogP contribution >= 0.6 is 0 Å². The van der Waals surface area contributed by atoms with Crippen molar-refractivity contribution in [2.45, 2.75) is 131 Å². The van der Waals surface area contributed by atoms with Crippen molar-refractivity contribution in [2.75, 3.05) is 6.54 Å². The molecular weight excluding hydrogens is 538 g/mol. The van der Waals surface area contributed by atoms with E-state index in [2.05, 4.69) is 5.32 Å². The summed E-state index contributed by atoms with van der Waals surface area (Å²) in [6, 6.07) is -4.07. The Hall–Kier alpha value is -1.13. The van der Waals surface area contributed by atoms with Crippen molar-refractivity contribution in [1.82, 2.24) is 5.32 Å². The third-order valence-electron chi connectivity index (χ3n) is 7.61. The molecule has 0 spiro atoms. The summed E-state index contributed by atoms with van der Waals surface area (Å²) in [6.07, 6.45) is -18.4. The number of aliphatic hydroxyl groups is 7. The number of carbonyl (C=O) groups is 1. The third-order valence-corrected chi connectivity index (χ3v) is 7.61. The van der Waals surface area contributed by atoms with Gasteiger partial charge in [-0.25, -0.2) is 0 Å². The Kier molecular flexibility index (Phi) is 11.6. The first kappa shape index (κ1) is 33.4. The first-order valence-electron chi connectivity index (χ1n) is 13.3. The van der Waals surface area contributed by atoms with Gasteiger partial charge in [0.25, 0.3) is 0 Å². The molecule has 0 aromatic carbocycles. The third kappa shape index (κ3) is 7.08. The molecule has 3 rings (SSSR count). The lowest BCUT2D eigenvalue weighted by molar-refractivity contribution is -0.315. The van der Waals surface area contributed by atoms with Gasteiger partial charge in [-0.1, -0.05) is 0 Å². The van der Waals surface area contributed by atoms with Crippen molar-refractivity contribution in [2.24, 2.45) is 22.9 Å². The maximum absolute atomic E-state index is 12.5. The van der Waals surface area contributed by atoms with Crippen LogP contribution in [0, 0.1) is 0 Å². The summed E-state index contributed by atoms with van der Waals surface area (Å²) in [5.74, 6) is -0.807. The predicted molar refractivity (Wildman–Crippen MR) is 135 cm³/mol. The summed E-state index contributed by atoms with van der Waals surface area (Å²) in [5.41, 5.74) is 23.7. The normalized spacial score (nSPS) is 46.5. The van der Waals surface area contributed by atoms with Crippen LogP contribution in [-0.4, -0.2) is 152 Å². The Labute approximate surface area is 231 Å². The van der Waals surface area contributed by atoms with E-state index in [9.17, 15) is 40.5 Å². The molecule has 17 nitrogen and oxygen atoms in total. The van der Waals surface area contributed by atoms with Crippen LogP contribution in [0.25, 0.3) is 0 Å². The second kappa shape index (κ2) is 13.9. The molecule has 1 amide bonds. The summed E-state index contributed by atoms with van der Waals surface area (Å²) in [7, 11) is 0. The van der Waals surface area contributed by atoms with Crippen molar-refractivity contribution in [3.05, 3.63) is 0 Å². The van der Waals surface area contributed by atoms with E-state index in [1.807, 2.05) is 0 Å². The van der Waals surface area contributed by atoms with Crippen LogP contribution in [0.5, 0.6) is 0 Å². The topological polar surface area (TPSA) is 312 Å². The molecule has 2 saturated heterocycles. The lowest BCUT2D eigenvalue weighted by Crippen LogP contribution is -2.69. The Morgan fingerprint density at radius 3 is 2.02 bits per heavy atom. The highest BCUT2D eigenvalue weighted by molar-refractivity contribution is 5.80. The number of amides is 1. The molecule has 17 atom stereocenters. The van der Waals surface area contributed by atoms with Crippen LogP contribution in [0.15, 0.2) is 0 Å². The quantitative estimate of drug-likeness (QED) is 0.114. The van der Waals surface area contributed by atoms with E-state index in [0.29, 0.717) is 0 Å². The Balaban J connectivity index is 1.86. The molecule has 0 radical (unpaired) electrons. The SMILES string of the molecule is C[C@H](N)[C@H]1O[C@@H](O[C@@H]2[C@@H](O)[C@H](NC(=O)[C@@H](O)CCN)C[C@H](N)[C@H]2O[C@H]2O[C@H]([C@@H](C)O)[C@@H](O)[C@H](O)[C@H]2N)[C@H](O)[C@@H]1O. The summed E-state index contributed by atoms with van der Waals surface area (Å²) in [5, 5.41) is 75.4. The van der Waals surface area contributed by atoms with E-state index in [0.717, 1.165) is 0 Å². The van der Waals surface area contributed by atoms with Gasteiger partial charge in [0.15, 0.2) is 12.6 Å². The van der Waals surface area contributed by atoms with E-state index in [4.69, 9.17) is 41.9 Å². The summed E-state index contributed by atoms with van der Waals surface area (Å²) in [4.78, 5) is 12.5. The maximum Gasteiger partial charge on any atom is 0.249 e. The number of aliphatic hydroxyl groups excluding tert-OH is 7. The second-order valence-corrected chi connectivity index (χ2v) is 10.9. The molecule has 16 N–H and O–H groups in total. The van der Waals surface area contributed by atoms with E-state index in [1.165, 1.54) is 6.92 Å². The molecule has 40 heavy (non-hydrogen) atoms. The molecule has 3 aliphatic rings. The largest absolute Gasteiger partial charge is 0.391 e. The molecule has 3 fully saturated rings. The van der Waals surface area contributed by atoms with Crippen molar-refractivity contribution >= 4 is 5.91 Å². The van der Waals surface area contributed by atoms with Gasteiger partial charge >= 0.3 is 0 Å². The minimum atomic E-state index is -1.58. The average Bonchev–Trinajstić information content (AvgIpc) is 3.17. The van der Waals surface area contributed by atoms with E-state index in [-0.39, 0.29) is 19.4 Å². The monoisotopic (exact) mass is 583 g/mol. The molecule has 0 aromatic heterocycles. The van der Waals surface area contributed by atoms with Gasteiger partial charge in [-0.05, 0) is 33.2 Å². The molecule has 1 aliphatic carbocycles.